The largest absolute Gasteiger partial charge is 0.478 e. The fourth-order valence-corrected chi connectivity index (χ4v) is 1.53. The molecular weight excluding hydrogens is 264 g/mol. The number of ether oxygens (including phenoxy) is 1. The molecule has 2 aromatic rings. The van der Waals surface area contributed by atoms with Crippen molar-refractivity contribution in [2.75, 3.05) is 0 Å². The molecule has 1 N–H and O–H groups in total. The van der Waals surface area contributed by atoms with E-state index in [1.807, 2.05) is 0 Å². The van der Waals surface area contributed by atoms with Crippen LogP contribution in [0.15, 0.2) is 36.5 Å². The number of aromatic nitrogens is 1. The average Bonchev–Trinajstić information content (AvgIpc) is 2.41. The summed E-state index contributed by atoms with van der Waals surface area (Å²) >= 11 is 0. The Hall–Kier alpha value is -2.96. The van der Waals surface area contributed by atoms with E-state index in [0.717, 1.165) is 6.20 Å². The number of aromatic carboxylic acids is 1. The van der Waals surface area contributed by atoms with E-state index in [4.69, 9.17) is 9.84 Å². The van der Waals surface area contributed by atoms with E-state index in [9.17, 15) is 14.9 Å². The third-order valence-electron chi connectivity index (χ3n) is 2.54. The average molecular weight is 274 g/mol. The fraction of sp³-hybridized carbons (Fsp3) is 0.0769. The minimum absolute atomic E-state index is 0.115. The Kier molecular flexibility index (Phi) is 3.60. The van der Waals surface area contributed by atoms with Crippen LogP contribution in [-0.4, -0.2) is 21.0 Å². The number of benzene rings is 1. The summed E-state index contributed by atoms with van der Waals surface area (Å²) in [6.07, 6.45) is 1.11. The van der Waals surface area contributed by atoms with Crippen LogP contribution >= 0.6 is 0 Å². The molecule has 2 rings (SSSR count). The lowest BCUT2D eigenvalue weighted by Gasteiger charge is -2.07. The highest BCUT2D eigenvalue weighted by atomic mass is 16.6. The number of carboxylic acid groups (broad SMARTS) is 1. The van der Waals surface area contributed by atoms with Gasteiger partial charge in [-0.3, -0.25) is 10.1 Å². The molecule has 7 heteroatoms. The molecule has 0 fully saturated rings. The molecule has 0 bridgehead atoms. The van der Waals surface area contributed by atoms with Crippen molar-refractivity contribution < 1.29 is 19.6 Å². The van der Waals surface area contributed by atoms with Crippen LogP contribution in [0, 0.1) is 17.0 Å². The fourth-order valence-electron chi connectivity index (χ4n) is 1.53. The van der Waals surface area contributed by atoms with Gasteiger partial charge in [0.2, 0.25) is 5.88 Å². The number of hydrogen-bond donors (Lipinski definition) is 1. The van der Waals surface area contributed by atoms with Crippen LogP contribution in [-0.2, 0) is 0 Å². The van der Waals surface area contributed by atoms with Crippen LogP contribution in [0.4, 0.5) is 5.69 Å². The third-order valence-corrected chi connectivity index (χ3v) is 2.54. The number of aryl methyl sites for hydroxylation is 1. The Labute approximate surface area is 113 Å². The van der Waals surface area contributed by atoms with Crippen molar-refractivity contribution in [2.45, 2.75) is 6.92 Å². The summed E-state index contributed by atoms with van der Waals surface area (Å²) in [7, 11) is 0. The van der Waals surface area contributed by atoms with Gasteiger partial charge in [0.1, 0.15) is 11.9 Å². The van der Waals surface area contributed by atoms with Crippen LogP contribution in [0.1, 0.15) is 15.9 Å². The molecule has 0 aliphatic carbocycles. The lowest BCUT2D eigenvalue weighted by atomic mass is 10.2. The van der Waals surface area contributed by atoms with Crippen molar-refractivity contribution in [1.82, 2.24) is 4.98 Å². The molecule has 0 saturated carbocycles. The van der Waals surface area contributed by atoms with E-state index in [0.29, 0.717) is 11.3 Å². The smallest absolute Gasteiger partial charge is 0.335 e. The van der Waals surface area contributed by atoms with Gasteiger partial charge in [-0.15, -0.1) is 0 Å². The molecule has 0 saturated heterocycles. The van der Waals surface area contributed by atoms with E-state index in [-0.39, 0.29) is 17.1 Å². The predicted molar refractivity (Wildman–Crippen MR) is 69.1 cm³/mol. The zero-order valence-electron chi connectivity index (χ0n) is 10.4. The first-order valence-electron chi connectivity index (χ1n) is 5.59. The Morgan fingerprint density at radius 2 is 2.00 bits per heavy atom. The van der Waals surface area contributed by atoms with Crippen LogP contribution in [0.2, 0.25) is 0 Å². The van der Waals surface area contributed by atoms with Gasteiger partial charge in [-0.25, -0.2) is 9.78 Å². The van der Waals surface area contributed by atoms with Gasteiger partial charge in [0, 0.05) is 11.6 Å². The minimum atomic E-state index is -1.03. The minimum Gasteiger partial charge on any atom is -0.478 e. The second-order valence-electron chi connectivity index (χ2n) is 4.00. The number of rotatable bonds is 4. The molecule has 0 amide bonds. The van der Waals surface area contributed by atoms with Crippen molar-refractivity contribution in [3.05, 3.63) is 57.8 Å². The number of nitro groups is 1. The van der Waals surface area contributed by atoms with E-state index in [2.05, 4.69) is 4.98 Å². The van der Waals surface area contributed by atoms with Crippen LogP contribution in [0.5, 0.6) is 11.6 Å². The molecule has 0 spiro atoms. The van der Waals surface area contributed by atoms with E-state index < -0.39 is 10.9 Å². The molecule has 1 aromatic carbocycles. The Morgan fingerprint density at radius 1 is 1.35 bits per heavy atom. The van der Waals surface area contributed by atoms with E-state index in [1.54, 1.807) is 6.92 Å². The molecule has 1 heterocycles. The summed E-state index contributed by atoms with van der Waals surface area (Å²) in [4.78, 5) is 24.6. The maximum Gasteiger partial charge on any atom is 0.335 e. The van der Waals surface area contributed by atoms with Crippen LogP contribution in [0.3, 0.4) is 0 Å². The molecule has 0 unspecified atom stereocenters. The molecular formula is C13H10N2O5. The number of carboxylic acids is 1. The summed E-state index contributed by atoms with van der Waals surface area (Å²) in [5, 5.41) is 19.4. The lowest BCUT2D eigenvalue weighted by Crippen LogP contribution is -1.97. The van der Waals surface area contributed by atoms with Crippen LogP contribution < -0.4 is 4.74 Å². The number of nitrogens with zero attached hydrogens (tertiary/aromatic N) is 2. The van der Waals surface area contributed by atoms with E-state index in [1.165, 1.54) is 30.3 Å². The number of carbonyl (C=O) groups is 1. The summed E-state index contributed by atoms with van der Waals surface area (Å²) in [6, 6.07) is 7.14. The first-order chi connectivity index (χ1) is 9.47. The SMILES string of the molecule is Cc1cc([N+](=O)[O-])cnc1Oc1ccc(C(=O)O)cc1. The van der Waals surface area contributed by atoms with Crippen LogP contribution in [0.25, 0.3) is 0 Å². The predicted octanol–water partition coefficient (Wildman–Crippen LogP) is 2.79. The van der Waals surface area contributed by atoms with Crippen molar-refractivity contribution in [2.24, 2.45) is 0 Å². The normalized spacial score (nSPS) is 10.1. The van der Waals surface area contributed by atoms with Gasteiger partial charge in [0.05, 0.1) is 10.5 Å². The molecule has 0 radical (unpaired) electrons. The van der Waals surface area contributed by atoms with Gasteiger partial charge in [-0.05, 0) is 31.2 Å². The van der Waals surface area contributed by atoms with Crippen molar-refractivity contribution >= 4 is 11.7 Å². The number of pyridine rings is 1. The second-order valence-corrected chi connectivity index (χ2v) is 4.00. The first kappa shape index (κ1) is 13.5. The topological polar surface area (TPSA) is 103 Å². The lowest BCUT2D eigenvalue weighted by molar-refractivity contribution is -0.385. The molecule has 102 valence electrons. The molecule has 1 aromatic heterocycles. The Morgan fingerprint density at radius 3 is 2.50 bits per heavy atom. The Bertz CT molecular complexity index is 667. The highest BCUT2D eigenvalue weighted by Gasteiger charge is 2.11. The van der Waals surface area contributed by atoms with Crippen molar-refractivity contribution in [3.63, 3.8) is 0 Å². The quantitative estimate of drug-likeness (QED) is 0.679. The zero-order chi connectivity index (χ0) is 14.7. The molecule has 0 aliphatic heterocycles. The monoisotopic (exact) mass is 274 g/mol. The van der Waals surface area contributed by atoms with E-state index >= 15 is 0 Å². The molecule has 7 nitrogen and oxygen atoms in total. The standard InChI is InChI=1S/C13H10N2O5/c1-8-6-10(15(18)19)7-14-12(8)20-11-4-2-9(3-5-11)13(16)17/h2-7H,1H3,(H,16,17). The maximum absolute atomic E-state index is 10.7. The maximum atomic E-state index is 10.7. The zero-order valence-corrected chi connectivity index (χ0v) is 10.4. The molecule has 20 heavy (non-hydrogen) atoms. The van der Waals surface area contributed by atoms with Gasteiger partial charge >= 0.3 is 5.97 Å². The number of hydrogen-bond acceptors (Lipinski definition) is 5. The summed E-state index contributed by atoms with van der Waals surface area (Å²) < 4.78 is 5.45. The van der Waals surface area contributed by atoms with Gasteiger partial charge in [-0.2, -0.15) is 0 Å². The molecule has 0 atom stereocenters. The van der Waals surface area contributed by atoms with Gasteiger partial charge in [0.25, 0.3) is 5.69 Å². The van der Waals surface area contributed by atoms with Crippen molar-refractivity contribution in [3.8, 4) is 11.6 Å². The Balaban J connectivity index is 2.21. The third kappa shape index (κ3) is 2.89. The summed E-state index contributed by atoms with van der Waals surface area (Å²) in [6.45, 7) is 1.64. The highest BCUT2D eigenvalue weighted by Crippen LogP contribution is 2.25. The molecule has 0 aliphatic rings. The summed E-state index contributed by atoms with van der Waals surface area (Å²) in [5.41, 5.74) is 0.545. The first-order valence-corrected chi connectivity index (χ1v) is 5.59. The van der Waals surface area contributed by atoms with Gasteiger partial charge in [-0.1, -0.05) is 0 Å². The van der Waals surface area contributed by atoms with Gasteiger partial charge < -0.3 is 9.84 Å². The second kappa shape index (κ2) is 5.35. The van der Waals surface area contributed by atoms with Gasteiger partial charge in [0.15, 0.2) is 0 Å². The summed E-state index contributed by atoms with van der Waals surface area (Å²) in [5.74, 6) is -0.390. The highest BCUT2D eigenvalue weighted by molar-refractivity contribution is 5.87. The van der Waals surface area contributed by atoms with Crippen molar-refractivity contribution in [1.29, 1.82) is 0 Å².